The quantitative estimate of drug-likeness (QED) is 0.846. The Hall–Kier alpha value is -2.30. The topological polar surface area (TPSA) is 59.1 Å². The number of nitrogens with one attached hydrogen (secondary N) is 2. The summed E-state index contributed by atoms with van der Waals surface area (Å²) >= 11 is 0. The van der Waals surface area contributed by atoms with E-state index in [1.165, 1.54) is 17.5 Å². The van der Waals surface area contributed by atoms with Crippen LogP contribution in [0.2, 0.25) is 0 Å². The fraction of sp³-hybridized carbons (Fsp3) is 0.333. The standard InChI is InChI=1S/C15H20N4O/c1-4-16-14-13(20-3)15(19-10-18-14)17-9-12-7-5-6-11(2)8-12/h5-8,10H,4,9H2,1-3H3,(H2,16,17,18,19). The lowest BCUT2D eigenvalue weighted by Crippen LogP contribution is -2.08. The molecular formula is C15H20N4O. The summed E-state index contributed by atoms with van der Waals surface area (Å²) in [5.41, 5.74) is 2.45. The van der Waals surface area contributed by atoms with Crippen molar-refractivity contribution in [3.05, 3.63) is 41.7 Å². The van der Waals surface area contributed by atoms with E-state index in [0.717, 1.165) is 6.54 Å². The SMILES string of the molecule is CCNc1ncnc(NCc2cccc(C)c2)c1OC. The molecule has 2 N–H and O–H groups in total. The van der Waals surface area contributed by atoms with Gasteiger partial charge in [-0.2, -0.15) is 0 Å². The van der Waals surface area contributed by atoms with Gasteiger partial charge in [0.2, 0.25) is 5.75 Å². The first kappa shape index (κ1) is 14.1. The molecule has 0 radical (unpaired) electrons. The average molecular weight is 272 g/mol. The Morgan fingerprint density at radius 3 is 2.55 bits per heavy atom. The van der Waals surface area contributed by atoms with Gasteiger partial charge in [0.05, 0.1) is 7.11 Å². The van der Waals surface area contributed by atoms with Crippen molar-refractivity contribution in [1.82, 2.24) is 9.97 Å². The molecule has 5 nitrogen and oxygen atoms in total. The first-order chi connectivity index (χ1) is 9.74. The zero-order valence-electron chi connectivity index (χ0n) is 12.1. The summed E-state index contributed by atoms with van der Waals surface area (Å²) in [4.78, 5) is 8.42. The third kappa shape index (κ3) is 3.38. The van der Waals surface area contributed by atoms with Gasteiger partial charge in [-0.25, -0.2) is 9.97 Å². The second kappa shape index (κ2) is 6.75. The second-order valence-electron chi connectivity index (χ2n) is 4.48. The van der Waals surface area contributed by atoms with Crippen molar-refractivity contribution < 1.29 is 4.74 Å². The van der Waals surface area contributed by atoms with E-state index in [1.54, 1.807) is 7.11 Å². The van der Waals surface area contributed by atoms with E-state index in [9.17, 15) is 0 Å². The average Bonchev–Trinajstić information content (AvgIpc) is 2.45. The Labute approximate surface area is 119 Å². The van der Waals surface area contributed by atoms with Gasteiger partial charge in [0.1, 0.15) is 6.33 Å². The Morgan fingerprint density at radius 2 is 1.90 bits per heavy atom. The maximum absolute atomic E-state index is 5.39. The number of anilines is 2. The predicted molar refractivity (Wildman–Crippen MR) is 81.3 cm³/mol. The number of rotatable bonds is 6. The van der Waals surface area contributed by atoms with Crippen molar-refractivity contribution in [3.63, 3.8) is 0 Å². The van der Waals surface area contributed by atoms with Crippen molar-refractivity contribution >= 4 is 11.6 Å². The first-order valence-corrected chi connectivity index (χ1v) is 6.67. The summed E-state index contributed by atoms with van der Waals surface area (Å²) in [5.74, 6) is 2.04. The molecule has 1 heterocycles. The predicted octanol–water partition coefficient (Wildman–Crippen LogP) is 2.84. The van der Waals surface area contributed by atoms with Gasteiger partial charge in [-0.15, -0.1) is 0 Å². The molecule has 20 heavy (non-hydrogen) atoms. The Balaban J connectivity index is 2.14. The molecular weight excluding hydrogens is 252 g/mol. The van der Waals surface area contributed by atoms with Crippen LogP contribution in [0.15, 0.2) is 30.6 Å². The third-order valence-electron chi connectivity index (χ3n) is 2.89. The molecule has 0 atom stereocenters. The molecule has 1 aromatic carbocycles. The summed E-state index contributed by atoms with van der Waals surface area (Å²) in [6.07, 6.45) is 1.53. The van der Waals surface area contributed by atoms with Crippen molar-refractivity contribution in [2.24, 2.45) is 0 Å². The van der Waals surface area contributed by atoms with Gasteiger partial charge in [-0.05, 0) is 19.4 Å². The van der Waals surface area contributed by atoms with Crippen molar-refractivity contribution in [1.29, 1.82) is 0 Å². The van der Waals surface area contributed by atoms with Crippen LogP contribution in [0.3, 0.4) is 0 Å². The molecule has 0 aliphatic carbocycles. The van der Waals surface area contributed by atoms with Crippen molar-refractivity contribution in [2.45, 2.75) is 20.4 Å². The van der Waals surface area contributed by atoms with E-state index < -0.39 is 0 Å². The zero-order valence-corrected chi connectivity index (χ0v) is 12.1. The molecule has 0 aliphatic heterocycles. The summed E-state index contributed by atoms with van der Waals surface area (Å²) in [5, 5.41) is 6.45. The van der Waals surface area contributed by atoms with Crippen LogP contribution in [0.25, 0.3) is 0 Å². The normalized spacial score (nSPS) is 10.2. The Bertz CT molecular complexity index is 572. The lowest BCUT2D eigenvalue weighted by atomic mass is 10.1. The summed E-state index contributed by atoms with van der Waals surface area (Å²) < 4.78 is 5.39. The number of aromatic nitrogens is 2. The number of methoxy groups -OCH3 is 1. The second-order valence-corrected chi connectivity index (χ2v) is 4.48. The molecule has 106 valence electrons. The molecule has 2 aromatic rings. The smallest absolute Gasteiger partial charge is 0.204 e. The highest BCUT2D eigenvalue weighted by molar-refractivity contribution is 5.63. The molecule has 0 bridgehead atoms. The molecule has 5 heteroatoms. The minimum Gasteiger partial charge on any atom is -0.490 e. The maximum Gasteiger partial charge on any atom is 0.204 e. The molecule has 0 fully saturated rings. The van der Waals surface area contributed by atoms with Gasteiger partial charge in [0.15, 0.2) is 11.6 Å². The summed E-state index contributed by atoms with van der Waals surface area (Å²) in [6.45, 7) is 5.57. The monoisotopic (exact) mass is 272 g/mol. The lowest BCUT2D eigenvalue weighted by Gasteiger charge is -2.13. The molecule has 1 aromatic heterocycles. The van der Waals surface area contributed by atoms with E-state index in [4.69, 9.17) is 4.74 Å². The van der Waals surface area contributed by atoms with Crippen LogP contribution < -0.4 is 15.4 Å². The molecule has 0 saturated heterocycles. The van der Waals surface area contributed by atoms with Gasteiger partial charge >= 0.3 is 0 Å². The summed E-state index contributed by atoms with van der Waals surface area (Å²) in [7, 11) is 1.62. The highest BCUT2D eigenvalue weighted by atomic mass is 16.5. The minimum atomic E-state index is 0.641. The van der Waals surface area contributed by atoms with Crippen LogP contribution in [0.4, 0.5) is 11.6 Å². The van der Waals surface area contributed by atoms with Crippen LogP contribution in [-0.4, -0.2) is 23.6 Å². The van der Waals surface area contributed by atoms with Crippen LogP contribution in [0, 0.1) is 6.92 Å². The van der Waals surface area contributed by atoms with Crippen LogP contribution in [0.1, 0.15) is 18.1 Å². The van der Waals surface area contributed by atoms with Gasteiger partial charge in [-0.3, -0.25) is 0 Å². The molecule has 0 unspecified atom stereocenters. The number of ether oxygens (including phenoxy) is 1. The van der Waals surface area contributed by atoms with Crippen LogP contribution in [0.5, 0.6) is 5.75 Å². The van der Waals surface area contributed by atoms with E-state index in [-0.39, 0.29) is 0 Å². The molecule has 0 saturated carbocycles. The van der Waals surface area contributed by atoms with Crippen molar-refractivity contribution in [3.8, 4) is 5.75 Å². The number of benzene rings is 1. The van der Waals surface area contributed by atoms with E-state index in [1.807, 2.05) is 13.0 Å². The Morgan fingerprint density at radius 1 is 1.15 bits per heavy atom. The summed E-state index contributed by atoms with van der Waals surface area (Å²) in [6, 6.07) is 8.36. The lowest BCUT2D eigenvalue weighted by molar-refractivity contribution is 0.414. The molecule has 0 spiro atoms. The van der Waals surface area contributed by atoms with Gasteiger partial charge in [-0.1, -0.05) is 29.8 Å². The first-order valence-electron chi connectivity index (χ1n) is 6.67. The zero-order chi connectivity index (χ0) is 14.4. The number of nitrogens with zero attached hydrogens (tertiary/aromatic N) is 2. The van der Waals surface area contributed by atoms with Gasteiger partial charge in [0, 0.05) is 13.1 Å². The van der Waals surface area contributed by atoms with Crippen molar-refractivity contribution in [2.75, 3.05) is 24.3 Å². The number of hydrogen-bond acceptors (Lipinski definition) is 5. The third-order valence-corrected chi connectivity index (χ3v) is 2.89. The van der Waals surface area contributed by atoms with Gasteiger partial charge in [0.25, 0.3) is 0 Å². The number of hydrogen-bond donors (Lipinski definition) is 2. The molecule has 2 rings (SSSR count). The van der Waals surface area contributed by atoms with Crippen LogP contribution >= 0.6 is 0 Å². The van der Waals surface area contributed by atoms with E-state index >= 15 is 0 Å². The van der Waals surface area contributed by atoms with E-state index in [2.05, 4.69) is 45.7 Å². The van der Waals surface area contributed by atoms with Crippen LogP contribution in [-0.2, 0) is 6.54 Å². The maximum atomic E-state index is 5.39. The highest BCUT2D eigenvalue weighted by Gasteiger charge is 2.11. The Kier molecular flexibility index (Phi) is 4.76. The van der Waals surface area contributed by atoms with E-state index in [0.29, 0.717) is 23.9 Å². The molecule has 0 amide bonds. The van der Waals surface area contributed by atoms with Gasteiger partial charge < -0.3 is 15.4 Å². The molecule has 0 aliphatic rings. The fourth-order valence-corrected chi connectivity index (χ4v) is 1.99. The largest absolute Gasteiger partial charge is 0.490 e. The highest BCUT2D eigenvalue weighted by Crippen LogP contribution is 2.29. The number of aryl methyl sites for hydroxylation is 1. The minimum absolute atomic E-state index is 0.641. The fourth-order valence-electron chi connectivity index (χ4n) is 1.99.